The molecule has 0 aliphatic heterocycles. The minimum Gasteiger partial charge on any atom is -0.298 e. The summed E-state index contributed by atoms with van der Waals surface area (Å²) in [4.78, 5) is 24.4. The first-order chi connectivity index (χ1) is 18.4. The summed E-state index contributed by atoms with van der Waals surface area (Å²) < 4.78 is 24.3. The molecule has 188 valence electrons. The molecule has 6 rings (SSSR count). The molecule has 0 saturated heterocycles. The Morgan fingerprint density at radius 3 is 1.11 bits per heavy atom. The van der Waals surface area contributed by atoms with Gasteiger partial charge in [0.2, 0.25) is 0 Å². The number of benzene rings is 6. The third kappa shape index (κ3) is 4.36. The van der Waals surface area contributed by atoms with Crippen LogP contribution in [0.1, 0.15) is 20.7 Å². The van der Waals surface area contributed by atoms with Gasteiger partial charge in [-0.25, -0.2) is 8.42 Å². The molecule has 0 heterocycles. The number of carbonyl (C=O) groups excluding carboxylic acids is 2. The first-order valence-corrected chi connectivity index (χ1v) is 15.0. The highest BCUT2D eigenvalue weighted by atomic mass is 32.2. The predicted molar refractivity (Wildman–Crippen MR) is 159 cm³/mol. The van der Waals surface area contributed by atoms with Crippen molar-refractivity contribution < 1.29 is 18.0 Å². The molecule has 0 bridgehead atoms. The van der Waals surface area contributed by atoms with E-state index in [9.17, 15) is 18.0 Å². The molecule has 0 unspecified atom stereocenters. The summed E-state index contributed by atoms with van der Waals surface area (Å²) in [5, 5.41) is 6.91. The molecule has 0 aromatic heterocycles. The summed E-state index contributed by atoms with van der Waals surface area (Å²) in [5.41, 5.74) is 1.32. The highest BCUT2D eigenvalue weighted by Gasteiger charge is 2.19. The van der Waals surface area contributed by atoms with Crippen molar-refractivity contribution in [3.63, 3.8) is 0 Å². The van der Waals surface area contributed by atoms with E-state index in [1.807, 2.05) is 36.4 Å². The maximum Gasteiger partial charge on any atom is 0.176 e. The topological polar surface area (TPSA) is 68.3 Å². The number of fused-ring (bicyclic) bond motifs is 4. The zero-order valence-corrected chi connectivity index (χ0v) is 22.5. The second-order valence-corrected chi connectivity index (χ2v) is 11.6. The van der Waals surface area contributed by atoms with Gasteiger partial charge in [-0.2, -0.15) is 0 Å². The fraction of sp³-hybridized carbons (Fsp3) is 0.0625. The number of sulfone groups is 1. The summed E-state index contributed by atoms with van der Waals surface area (Å²) in [6.07, 6.45) is 5.03. The second kappa shape index (κ2) is 10.4. The number of thioether (sulfide) groups is 1. The van der Waals surface area contributed by atoms with E-state index in [2.05, 4.69) is 18.4 Å². The van der Waals surface area contributed by atoms with Crippen molar-refractivity contribution in [2.75, 3.05) is 12.5 Å². The molecule has 0 aliphatic carbocycles. The fourth-order valence-corrected chi connectivity index (χ4v) is 7.07. The Morgan fingerprint density at radius 2 is 0.816 bits per heavy atom. The van der Waals surface area contributed by atoms with Crippen LogP contribution in [0.3, 0.4) is 0 Å². The van der Waals surface area contributed by atoms with Crippen LogP contribution in [-0.4, -0.2) is 33.5 Å². The molecule has 6 aromatic rings. The van der Waals surface area contributed by atoms with Crippen LogP contribution in [0.2, 0.25) is 0 Å². The second-order valence-electron chi connectivity index (χ2n) is 8.88. The van der Waals surface area contributed by atoms with E-state index in [1.165, 1.54) is 11.2 Å². The Hall–Kier alpha value is -4.00. The average Bonchev–Trinajstić information content (AvgIpc) is 2.94. The third-order valence-corrected chi connectivity index (χ3v) is 8.69. The van der Waals surface area contributed by atoms with Crippen molar-refractivity contribution in [1.29, 1.82) is 0 Å². The molecule has 0 fully saturated rings. The molecule has 0 aliphatic rings. The fourth-order valence-electron chi connectivity index (χ4n) is 5.12. The Kier molecular flexibility index (Phi) is 7.02. The van der Waals surface area contributed by atoms with Crippen LogP contribution in [0.4, 0.5) is 0 Å². The number of rotatable bonds is 4. The average molecular weight is 537 g/mol. The molecule has 4 nitrogen and oxygen atoms in total. The first kappa shape index (κ1) is 25.6. The van der Waals surface area contributed by atoms with E-state index in [-0.39, 0.29) is 4.90 Å². The molecule has 6 aromatic carbocycles. The molecule has 0 atom stereocenters. The highest BCUT2D eigenvalue weighted by molar-refractivity contribution is 7.99. The molecule has 38 heavy (non-hydrogen) atoms. The zero-order valence-electron chi connectivity index (χ0n) is 20.8. The largest absolute Gasteiger partial charge is 0.298 e. The lowest BCUT2D eigenvalue weighted by atomic mass is 9.97. The van der Waals surface area contributed by atoms with Gasteiger partial charge in [0, 0.05) is 33.1 Å². The van der Waals surface area contributed by atoms with Gasteiger partial charge >= 0.3 is 0 Å². The van der Waals surface area contributed by atoms with Crippen LogP contribution >= 0.6 is 11.8 Å². The van der Waals surface area contributed by atoms with Crippen molar-refractivity contribution in [3.8, 4) is 0 Å². The Morgan fingerprint density at radius 1 is 0.526 bits per heavy atom. The lowest BCUT2D eigenvalue weighted by Gasteiger charge is -2.12. The van der Waals surface area contributed by atoms with Crippen molar-refractivity contribution >= 4 is 77.3 Å². The predicted octanol–water partition coefficient (Wildman–Crippen LogP) is 7.74. The van der Waals surface area contributed by atoms with Gasteiger partial charge in [-0.3, -0.25) is 9.59 Å². The Balaban J connectivity index is 0.000000156. The standard InChI is InChI=1S/C16H12O3S.C16H12OS/c1-20(18,19)16-13-8-4-2-6-11(13)15(10-17)12-7-3-5-9-14(12)16;1-18-16-13-8-4-2-6-11(13)15(10-17)12-7-3-5-9-14(12)16/h2-10H,1H3;2-10H,1H3. The minimum atomic E-state index is -3.40. The maximum atomic E-state index is 12.2. The van der Waals surface area contributed by atoms with Crippen LogP contribution in [0.15, 0.2) is 107 Å². The molecule has 0 saturated carbocycles. The van der Waals surface area contributed by atoms with Gasteiger partial charge in [-0.05, 0) is 38.6 Å². The van der Waals surface area contributed by atoms with Gasteiger partial charge in [0.15, 0.2) is 22.4 Å². The van der Waals surface area contributed by atoms with Crippen LogP contribution in [0.25, 0.3) is 43.1 Å². The van der Waals surface area contributed by atoms with Crippen molar-refractivity contribution in [3.05, 3.63) is 108 Å². The molecular weight excluding hydrogens is 512 g/mol. The van der Waals surface area contributed by atoms with Gasteiger partial charge in [-0.15, -0.1) is 11.8 Å². The van der Waals surface area contributed by atoms with E-state index >= 15 is 0 Å². The smallest absolute Gasteiger partial charge is 0.176 e. The Labute approximate surface area is 225 Å². The molecule has 0 radical (unpaired) electrons. The third-order valence-electron chi connectivity index (χ3n) is 6.66. The number of hydrogen-bond acceptors (Lipinski definition) is 5. The van der Waals surface area contributed by atoms with Crippen LogP contribution in [-0.2, 0) is 9.84 Å². The first-order valence-electron chi connectivity index (χ1n) is 11.9. The number of aldehydes is 2. The van der Waals surface area contributed by atoms with Crippen molar-refractivity contribution in [1.82, 2.24) is 0 Å². The molecule has 0 amide bonds. The Bertz CT molecular complexity index is 1860. The lowest BCUT2D eigenvalue weighted by molar-refractivity contribution is 0.111. The number of hydrogen-bond donors (Lipinski definition) is 0. The highest BCUT2D eigenvalue weighted by Crippen LogP contribution is 2.37. The number of carbonyl (C=O) groups is 2. The van der Waals surface area contributed by atoms with E-state index in [4.69, 9.17) is 0 Å². The summed E-state index contributed by atoms with van der Waals surface area (Å²) in [7, 11) is -3.40. The van der Waals surface area contributed by atoms with Crippen LogP contribution < -0.4 is 0 Å². The summed E-state index contributed by atoms with van der Waals surface area (Å²) in [6, 6.07) is 30.4. The molecular formula is C32H24O4S2. The van der Waals surface area contributed by atoms with E-state index in [1.54, 1.807) is 60.3 Å². The van der Waals surface area contributed by atoms with Gasteiger partial charge < -0.3 is 0 Å². The zero-order chi connectivity index (χ0) is 26.9. The van der Waals surface area contributed by atoms with Crippen molar-refractivity contribution in [2.24, 2.45) is 0 Å². The van der Waals surface area contributed by atoms with Gasteiger partial charge in [0.05, 0.1) is 4.90 Å². The van der Waals surface area contributed by atoms with E-state index in [0.717, 1.165) is 39.7 Å². The lowest BCUT2D eigenvalue weighted by Crippen LogP contribution is -2.02. The molecule has 0 spiro atoms. The van der Waals surface area contributed by atoms with Gasteiger partial charge in [-0.1, -0.05) is 97.1 Å². The molecule has 0 N–H and O–H groups in total. The van der Waals surface area contributed by atoms with E-state index < -0.39 is 9.84 Å². The maximum absolute atomic E-state index is 12.2. The monoisotopic (exact) mass is 536 g/mol. The normalized spacial score (nSPS) is 11.4. The van der Waals surface area contributed by atoms with Gasteiger partial charge in [0.25, 0.3) is 0 Å². The van der Waals surface area contributed by atoms with Gasteiger partial charge in [0.1, 0.15) is 0 Å². The van der Waals surface area contributed by atoms with E-state index in [0.29, 0.717) is 27.1 Å². The van der Waals surface area contributed by atoms with Crippen LogP contribution in [0, 0.1) is 0 Å². The minimum absolute atomic E-state index is 0.286. The SMILES string of the molecule is CS(=O)(=O)c1c2ccccc2c(C=O)c2ccccc12.CSc1c2ccccc2c(C=O)c2ccccc12. The summed E-state index contributed by atoms with van der Waals surface area (Å²) in [5.74, 6) is 0. The van der Waals surface area contributed by atoms with Crippen molar-refractivity contribution in [2.45, 2.75) is 9.79 Å². The quantitative estimate of drug-likeness (QED) is 0.131. The summed E-state index contributed by atoms with van der Waals surface area (Å²) >= 11 is 1.73. The summed E-state index contributed by atoms with van der Waals surface area (Å²) in [6.45, 7) is 0. The molecule has 6 heteroatoms. The van der Waals surface area contributed by atoms with Crippen LogP contribution in [0.5, 0.6) is 0 Å².